The van der Waals surface area contributed by atoms with Gasteiger partial charge in [-0.15, -0.1) is 0 Å². The fourth-order valence-corrected chi connectivity index (χ4v) is 4.27. The molecule has 1 unspecified atom stereocenters. The first kappa shape index (κ1) is 19.8. The molecule has 2 aliphatic rings. The molecule has 0 saturated carbocycles. The molecule has 2 aliphatic heterocycles. The van der Waals surface area contributed by atoms with E-state index in [1.165, 1.54) is 6.07 Å². The van der Waals surface area contributed by atoms with Crippen molar-refractivity contribution >= 4 is 11.8 Å². The van der Waals surface area contributed by atoms with Crippen molar-refractivity contribution in [3.8, 4) is 0 Å². The second-order valence-electron chi connectivity index (χ2n) is 7.85. The highest BCUT2D eigenvalue weighted by Gasteiger charge is 2.32. The number of likely N-dealkylation sites (N-methyl/N-ethyl adjacent to an activating group) is 1. The van der Waals surface area contributed by atoms with Gasteiger partial charge in [0.2, 0.25) is 11.8 Å². The quantitative estimate of drug-likeness (QED) is 0.812. The first-order chi connectivity index (χ1) is 13.0. The van der Waals surface area contributed by atoms with Crippen molar-refractivity contribution in [3.05, 3.63) is 35.6 Å². The fourth-order valence-electron chi connectivity index (χ4n) is 4.27. The molecule has 0 bridgehead atoms. The van der Waals surface area contributed by atoms with E-state index in [1.807, 2.05) is 29.0 Å². The summed E-state index contributed by atoms with van der Waals surface area (Å²) in [5.41, 5.74) is 0.712. The third kappa shape index (κ3) is 4.86. The Labute approximate surface area is 161 Å². The maximum Gasteiger partial charge on any atom is 0.225 e. The molecule has 0 aliphatic carbocycles. The Balaban J connectivity index is 1.55. The molecule has 0 spiro atoms. The van der Waals surface area contributed by atoms with Crippen LogP contribution in [0.3, 0.4) is 0 Å². The molecule has 0 N–H and O–H groups in total. The van der Waals surface area contributed by atoms with Crippen molar-refractivity contribution in [2.24, 2.45) is 5.92 Å². The summed E-state index contributed by atoms with van der Waals surface area (Å²) in [6.07, 6.45) is 3.49. The van der Waals surface area contributed by atoms with E-state index in [0.717, 1.165) is 38.8 Å². The number of benzene rings is 1. The third-order valence-corrected chi connectivity index (χ3v) is 6.02. The van der Waals surface area contributed by atoms with Crippen molar-refractivity contribution in [2.45, 2.75) is 45.2 Å². The molecule has 2 amide bonds. The Kier molecular flexibility index (Phi) is 6.47. The molecule has 2 saturated heterocycles. The van der Waals surface area contributed by atoms with Crippen LogP contribution < -0.4 is 0 Å². The van der Waals surface area contributed by atoms with E-state index in [-0.39, 0.29) is 29.6 Å². The Morgan fingerprint density at radius 3 is 2.52 bits per heavy atom. The van der Waals surface area contributed by atoms with Crippen molar-refractivity contribution in [2.75, 3.05) is 33.2 Å². The van der Waals surface area contributed by atoms with Crippen molar-refractivity contribution in [1.29, 1.82) is 0 Å². The standard InChI is InChI=1S/C21H30FN3O2/c1-16(26)25-12-9-17(10-13-25)21(27)23(2)19-7-5-11-24(15-19)14-18-6-3-4-8-20(18)22/h3-4,6,8,17,19H,5,7,9-15H2,1-2H3. The van der Waals surface area contributed by atoms with Crippen LogP contribution in [0.5, 0.6) is 0 Å². The largest absolute Gasteiger partial charge is 0.343 e. The zero-order valence-electron chi connectivity index (χ0n) is 16.4. The summed E-state index contributed by atoms with van der Waals surface area (Å²) in [6, 6.07) is 7.07. The number of halogens is 1. The van der Waals surface area contributed by atoms with Crippen molar-refractivity contribution in [1.82, 2.24) is 14.7 Å². The van der Waals surface area contributed by atoms with Gasteiger partial charge in [-0.25, -0.2) is 4.39 Å². The van der Waals surface area contributed by atoms with Gasteiger partial charge >= 0.3 is 0 Å². The number of carbonyl (C=O) groups is 2. The molecular formula is C21H30FN3O2. The summed E-state index contributed by atoms with van der Waals surface area (Å²) in [4.78, 5) is 30.4. The van der Waals surface area contributed by atoms with Gasteiger partial charge in [0.15, 0.2) is 0 Å². The molecule has 6 heteroatoms. The predicted octanol–water partition coefficient (Wildman–Crippen LogP) is 2.51. The van der Waals surface area contributed by atoms with Gasteiger partial charge in [-0.3, -0.25) is 14.5 Å². The highest BCUT2D eigenvalue weighted by Crippen LogP contribution is 2.24. The summed E-state index contributed by atoms with van der Waals surface area (Å²) in [5, 5.41) is 0. The topological polar surface area (TPSA) is 43.9 Å². The summed E-state index contributed by atoms with van der Waals surface area (Å²) in [7, 11) is 1.90. The molecule has 0 radical (unpaired) electrons. The van der Waals surface area contributed by atoms with Gasteiger partial charge < -0.3 is 9.80 Å². The van der Waals surface area contributed by atoms with E-state index in [1.54, 1.807) is 13.0 Å². The lowest BCUT2D eigenvalue weighted by Gasteiger charge is -2.40. The minimum Gasteiger partial charge on any atom is -0.343 e. The lowest BCUT2D eigenvalue weighted by molar-refractivity contribution is -0.141. The fraction of sp³-hybridized carbons (Fsp3) is 0.619. The molecule has 2 fully saturated rings. The summed E-state index contributed by atoms with van der Waals surface area (Å²) < 4.78 is 13.9. The van der Waals surface area contributed by atoms with Crippen LogP contribution in [0.2, 0.25) is 0 Å². The van der Waals surface area contributed by atoms with Gasteiger partial charge in [-0.1, -0.05) is 18.2 Å². The Morgan fingerprint density at radius 2 is 1.85 bits per heavy atom. The Morgan fingerprint density at radius 1 is 1.15 bits per heavy atom. The van der Waals surface area contributed by atoms with Gasteiger partial charge in [-0.05, 0) is 38.3 Å². The van der Waals surface area contributed by atoms with Crippen LogP contribution in [-0.2, 0) is 16.1 Å². The normalized spacial score (nSPS) is 21.9. The highest BCUT2D eigenvalue weighted by molar-refractivity contribution is 5.79. The van der Waals surface area contributed by atoms with Crippen LogP contribution in [-0.4, -0.2) is 65.8 Å². The lowest BCUT2D eigenvalue weighted by Crippen LogP contribution is -2.51. The van der Waals surface area contributed by atoms with Crippen molar-refractivity contribution < 1.29 is 14.0 Å². The average Bonchev–Trinajstić information content (AvgIpc) is 2.69. The maximum atomic E-state index is 13.9. The molecule has 3 rings (SSSR count). The van der Waals surface area contributed by atoms with Crippen LogP contribution in [0.25, 0.3) is 0 Å². The first-order valence-corrected chi connectivity index (χ1v) is 9.93. The summed E-state index contributed by atoms with van der Waals surface area (Å²) in [5.74, 6) is 0.120. The lowest BCUT2D eigenvalue weighted by atomic mass is 9.93. The second kappa shape index (κ2) is 8.83. The molecule has 1 aromatic carbocycles. The number of rotatable bonds is 4. The molecule has 1 atom stereocenters. The molecule has 148 valence electrons. The number of amides is 2. The van der Waals surface area contributed by atoms with Crippen LogP contribution >= 0.6 is 0 Å². The van der Waals surface area contributed by atoms with Gasteiger partial charge in [-0.2, -0.15) is 0 Å². The van der Waals surface area contributed by atoms with E-state index in [9.17, 15) is 14.0 Å². The van der Waals surface area contributed by atoms with E-state index in [4.69, 9.17) is 0 Å². The van der Waals surface area contributed by atoms with E-state index >= 15 is 0 Å². The summed E-state index contributed by atoms with van der Waals surface area (Å²) >= 11 is 0. The number of nitrogens with zero attached hydrogens (tertiary/aromatic N) is 3. The Hall–Kier alpha value is -1.95. The highest BCUT2D eigenvalue weighted by atomic mass is 19.1. The van der Waals surface area contributed by atoms with Gasteiger partial charge in [0.1, 0.15) is 5.82 Å². The maximum absolute atomic E-state index is 13.9. The van der Waals surface area contributed by atoms with E-state index < -0.39 is 0 Å². The number of carbonyl (C=O) groups excluding carboxylic acids is 2. The predicted molar refractivity (Wildman–Crippen MR) is 102 cm³/mol. The monoisotopic (exact) mass is 375 g/mol. The minimum atomic E-state index is -0.165. The molecule has 0 aromatic heterocycles. The zero-order chi connectivity index (χ0) is 19.4. The number of hydrogen-bond acceptors (Lipinski definition) is 3. The average molecular weight is 375 g/mol. The van der Waals surface area contributed by atoms with E-state index in [2.05, 4.69) is 4.90 Å². The smallest absolute Gasteiger partial charge is 0.225 e. The minimum absolute atomic E-state index is 0.00699. The van der Waals surface area contributed by atoms with Crippen molar-refractivity contribution in [3.63, 3.8) is 0 Å². The summed E-state index contributed by atoms with van der Waals surface area (Å²) in [6.45, 7) is 5.22. The third-order valence-electron chi connectivity index (χ3n) is 6.02. The van der Waals surface area contributed by atoms with Crippen LogP contribution in [0, 0.1) is 11.7 Å². The van der Waals surface area contributed by atoms with Gasteiger partial charge in [0, 0.05) is 57.7 Å². The Bertz CT molecular complexity index is 673. The van der Waals surface area contributed by atoms with Crippen LogP contribution in [0.4, 0.5) is 4.39 Å². The first-order valence-electron chi connectivity index (χ1n) is 9.93. The number of piperidine rings is 2. The second-order valence-corrected chi connectivity index (χ2v) is 7.85. The molecule has 27 heavy (non-hydrogen) atoms. The molecule has 5 nitrogen and oxygen atoms in total. The number of likely N-dealkylation sites (tertiary alicyclic amines) is 2. The van der Waals surface area contributed by atoms with E-state index in [0.29, 0.717) is 25.2 Å². The van der Waals surface area contributed by atoms with Gasteiger partial charge in [0.05, 0.1) is 0 Å². The zero-order valence-corrected chi connectivity index (χ0v) is 16.4. The van der Waals surface area contributed by atoms with Crippen LogP contribution in [0.15, 0.2) is 24.3 Å². The van der Waals surface area contributed by atoms with Gasteiger partial charge in [0.25, 0.3) is 0 Å². The number of hydrogen-bond donors (Lipinski definition) is 0. The molecular weight excluding hydrogens is 345 g/mol. The molecule has 1 aromatic rings. The molecule has 2 heterocycles. The van der Waals surface area contributed by atoms with Crippen LogP contribution in [0.1, 0.15) is 38.2 Å². The SMILES string of the molecule is CC(=O)N1CCC(C(=O)N(C)C2CCCN(Cc3ccccc3F)C2)CC1.